The van der Waals surface area contributed by atoms with Crippen LogP contribution in [-0.4, -0.2) is 16.4 Å². The third-order valence-corrected chi connectivity index (χ3v) is 2.28. The average Bonchev–Trinajstić information content (AvgIpc) is 1.86. The van der Waals surface area contributed by atoms with Crippen LogP contribution in [0.2, 0.25) is 0 Å². The highest BCUT2D eigenvalue weighted by Gasteiger charge is 2.28. The number of rotatable bonds is 3. The molecule has 0 bridgehead atoms. The van der Waals surface area contributed by atoms with E-state index in [2.05, 4.69) is 0 Å². The summed E-state index contributed by atoms with van der Waals surface area (Å²) >= 11 is 1.70. The molecule has 0 saturated heterocycles. The molecule has 0 rings (SSSR count). The Morgan fingerprint density at radius 1 is 1.70 bits per heavy atom. The number of halogens is 1. The monoisotopic (exact) mass is 256 g/mol. The molecule has 0 aliphatic rings. The first-order chi connectivity index (χ1) is 4.41. The van der Waals surface area contributed by atoms with Crippen molar-refractivity contribution in [3.8, 4) is 0 Å². The van der Waals surface area contributed by atoms with Gasteiger partial charge < -0.3 is 11.5 Å². The van der Waals surface area contributed by atoms with Crippen molar-refractivity contribution >= 4 is 26.4 Å². The van der Waals surface area contributed by atoms with Crippen molar-refractivity contribution in [3.05, 3.63) is 0 Å². The Bertz CT molecular complexity index is 136. The van der Waals surface area contributed by atoms with Crippen LogP contribution >= 0.6 is 22.6 Å². The number of carbonyl (C=O) groups is 1. The van der Waals surface area contributed by atoms with Crippen molar-refractivity contribution in [3.63, 3.8) is 0 Å². The molecular formula is C6H13IN2O. The molecule has 0 aromatic rings. The van der Waals surface area contributed by atoms with E-state index < -0.39 is 6.04 Å². The first kappa shape index (κ1) is 10.3. The molecule has 4 heteroatoms. The molecular weight excluding hydrogens is 243 g/mol. The molecule has 4 N–H and O–H groups in total. The Balaban J connectivity index is 4.17. The van der Waals surface area contributed by atoms with Gasteiger partial charge in [0.1, 0.15) is 0 Å². The molecule has 0 aromatic carbocycles. The van der Waals surface area contributed by atoms with E-state index in [4.69, 9.17) is 11.5 Å². The lowest BCUT2D eigenvalue weighted by Crippen LogP contribution is -2.46. The largest absolute Gasteiger partial charge is 0.330 e. The third-order valence-electron chi connectivity index (χ3n) is 1.61. The summed E-state index contributed by atoms with van der Waals surface area (Å²) < 4.78 is -0.0342. The molecule has 3 nitrogen and oxygen atoms in total. The normalized spacial score (nSPS) is 14.9. The van der Waals surface area contributed by atoms with E-state index in [1.807, 2.05) is 13.8 Å². The first-order valence-corrected chi connectivity index (χ1v) is 4.14. The zero-order chi connectivity index (χ0) is 8.36. The zero-order valence-electron chi connectivity index (χ0n) is 6.23. The quantitative estimate of drug-likeness (QED) is 0.562. The Morgan fingerprint density at radius 2 is 2.10 bits per heavy atom. The first-order valence-electron chi connectivity index (χ1n) is 3.07. The summed E-state index contributed by atoms with van der Waals surface area (Å²) in [5.74, 6) is 0. The predicted octanol–water partition coefficient (Wildman–Crippen LogP) is 0.260. The summed E-state index contributed by atoms with van der Waals surface area (Å²) in [4.78, 5) is 10.8. The fraction of sp³-hybridized carbons (Fsp3) is 0.833. The molecule has 0 aromatic heterocycles. The van der Waals surface area contributed by atoms with E-state index in [9.17, 15) is 4.79 Å². The maximum absolute atomic E-state index is 10.8. The second kappa shape index (κ2) is 3.64. The smallest absolute Gasteiger partial charge is 0.209 e. The van der Waals surface area contributed by atoms with Crippen LogP contribution in [0, 0.1) is 5.41 Å². The highest BCUT2D eigenvalue weighted by Crippen LogP contribution is 2.19. The molecule has 0 fully saturated rings. The molecule has 0 radical (unpaired) electrons. The molecule has 1 atom stereocenters. The van der Waals surface area contributed by atoms with Crippen molar-refractivity contribution < 1.29 is 4.79 Å². The second-order valence-corrected chi connectivity index (χ2v) is 4.04. The summed E-state index contributed by atoms with van der Waals surface area (Å²) in [6, 6.07) is -0.446. The number of nitrogens with two attached hydrogens (primary N) is 2. The van der Waals surface area contributed by atoms with E-state index in [0.29, 0.717) is 6.54 Å². The SMILES string of the molecule is CC(C)(CN)C(N)C(=O)I. The minimum absolute atomic E-state index is 0.0342. The molecule has 0 amide bonds. The molecule has 10 heavy (non-hydrogen) atoms. The lowest BCUT2D eigenvalue weighted by atomic mass is 9.86. The molecule has 0 heterocycles. The predicted molar refractivity (Wildman–Crippen MR) is 49.8 cm³/mol. The minimum atomic E-state index is -0.446. The van der Waals surface area contributed by atoms with Gasteiger partial charge in [0, 0.05) is 22.6 Å². The number of hydrogen-bond donors (Lipinski definition) is 2. The van der Waals surface area contributed by atoms with Gasteiger partial charge in [0.15, 0.2) is 0 Å². The average molecular weight is 256 g/mol. The Kier molecular flexibility index (Phi) is 3.75. The van der Waals surface area contributed by atoms with Crippen LogP contribution in [0.4, 0.5) is 0 Å². The fourth-order valence-electron chi connectivity index (χ4n) is 0.434. The van der Waals surface area contributed by atoms with Crippen LogP contribution in [0.15, 0.2) is 0 Å². The van der Waals surface area contributed by atoms with Gasteiger partial charge in [-0.05, 0) is 12.0 Å². The van der Waals surface area contributed by atoms with E-state index in [0.717, 1.165) is 0 Å². The van der Waals surface area contributed by atoms with Crippen LogP contribution < -0.4 is 11.5 Å². The van der Waals surface area contributed by atoms with E-state index in [1.54, 1.807) is 22.6 Å². The molecule has 0 aliphatic heterocycles. The summed E-state index contributed by atoms with van der Waals surface area (Å²) in [6.45, 7) is 4.20. The number of hydrogen-bond acceptors (Lipinski definition) is 3. The lowest BCUT2D eigenvalue weighted by molar-refractivity contribution is -0.112. The van der Waals surface area contributed by atoms with E-state index in [1.165, 1.54) is 0 Å². The van der Waals surface area contributed by atoms with Gasteiger partial charge in [-0.2, -0.15) is 0 Å². The van der Waals surface area contributed by atoms with Crippen molar-refractivity contribution in [1.29, 1.82) is 0 Å². The van der Waals surface area contributed by atoms with E-state index >= 15 is 0 Å². The van der Waals surface area contributed by atoms with Crippen LogP contribution in [-0.2, 0) is 4.79 Å². The Morgan fingerprint density at radius 3 is 2.20 bits per heavy atom. The zero-order valence-corrected chi connectivity index (χ0v) is 8.38. The van der Waals surface area contributed by atoms with Gasteiger partial charge in [0.25, 0.3) is 0 Å². The fourth-order valence-corrected chi connectivity index (χ4v) is 1.28. The molecule has 0 spiro atoms. The van der Waals surface area contributed by atoms with Crippen molar-refractivity contribution in [2.45, 2.75) is 19.9 Å². The lowest BCUT2D eigenvalue weighted by Gasteiger charge is -2.26. The summed E-state index contributed by atoms with van der Waals surface area (Å²) in [5.41, 5.74) is 10.7. The summed E-state index contributed by atoms with van der Waals surface area (Å²) in [7, 11) is 0. The van der Waals surface area contributed by atoms with Crippen LogP contribution in [0.1, 0.15) is 13.8 Å². The standard InChI is InChI=1S/C6H13IN2O/c1-6(2,3-8)4(9)5(7)10/h4H,3,8-9H2,1-2H3. The van der Waals surface area contributed by atoms with Crippen LogP contribution in [0.5, 0.6) is 0 Å². The molecule has 0 saturated carbocycles. The topological polar surface area (TPSA) is 69.1 Å². The van der Waals surface area contributed by atoms with Crippen LogP contribution in [0.3, 0.4) is 0 Å². The van der Waals surface area contributed by atoms with Crippen molar-refractivity contribution in [1.82, 2.24) is 0 Å². The summed E-state index contributed by atoms with van der Waals surface area (Å²) in [6.07, 6.45) is 0. The van der Waals surface area contributed by atoms with E-state index in [-0.39, 0.29) is 9.20 Å². The van der Waals surface area contributed by atoms with Gasteiger partial charge in [-0.1, -0.05) is 13.8 Å². The van der Waals surface area contributed by atoms with Gasteiger partial charge in [-0.15, -0.1) is 0 Å². The maximum Gasteiger partial charge on any atom is 0.209 e. The molecule has 1 unspecified atom stereocenters. The van der Waals surface area contributed by atoms with Crippen LogP contribution in [0.25, 0.3) is 0 Å². The van der Waals surface area contributed by atoms with Crippen molar-refractivity contribution in [2.75, 3.05) is 6.54 Å². The Labute approximate surface area is 74.7 Å². The highest BCUT2D eigenvalue weighted by atomic mass is 127. The highest BCUT2D eigenvalue weighted by molar-refractivity contribution is 14.1. The minimum Gasteiger partial charge on any atom is -0.330 e. The third kappa shape index (κ3) is 2.51. The number of carbonyl (C=O) groups excluding carboxylic acids is 1. The maximum atomic E-state index is 10.8. The summed E-state index contributed by atoms with van der Waals surface area (Å²) in [5, 5.41) is 0. The van der Waals surface area contributed by atoms with Gasteiger partial charge in [-0.3, -0.25) is 4.79 Å². The van der Waals surface area contributed by atoms with Gasteiger partial charge in [0.05, 0.1) is 6.04 Å². The molecule has 0 aliphatic carbocycles. The van der Waals surface area contributed by atoms with Gasteiger partial charge >= 0.3 is 0 Å². The Hall–Kier alpha value is 0.320. The van der Waals surface area contributed by atoms with Gasteiger partial charge in [-0.25, -0.2) is 0 Å². The second-order valence-electron chi connectivity index (χ2n) is 2.97. The molecule has 60 valence electrons. The van der Waals surface area contributed by atoms with Crippen molar-refractivity contribution in [2.24, 2.45) is 16.9 Å². The van der Waals surface area contributed by atoms with Gasteiger partial charge in [0.2, 0.25) is 3.79 Å².